The predicted octanol–water partition coefficient (Wildman–Crippen LogP) is 4.14. The number of aromatic nitrogens is 1. The number of alkyl halides is 3. The van der Waals surface area contributed by atoms with Gasteiger partial charge in [0.15, 0.2) is 11.7 Å². The van der Waals surface area contributed by atoms with E-state index < -0.39 is 11.9 Å². The standard InChI is InChI=1S/C19H25F3N4OS.HI/c1-23-18(25-11-8-17-26-16(14-28-17)19(20,21)22)24-10-5-12-27-13-9-15-6-3-2-4-7-15;/h2-4,6-7,14H,5,8-13H2,1H3,(H2,23,24,25);1H. The number of hydrogen-bond acceptors (Lipinski definition) is 4. The van der Waals surface area contributed by atoms with Gasteiger partial charge in [-0.2, -0.15) is 13.2 Å². The van der Waals surface area contributed by atoms with Crippen LogP contribution in [0.4, 0.5) is 13.2 Å². The fraction of sp³-hybridized carbons (Fsp3) is 0.474. The molecule has 29 heavy (non-hydrogen) atoms. The van der Waals surface area contributed by atoms with Crippen molar-refractivity contribution >= 4 is 41.3 Å². The molecule has 2 aromatic rings. The molecular weight excluding hydrogens is 516 g/mol. The first-order chi connectivity index (χ1) is 13.5. The van der Waals surface area contributed by atoms with E-state index in [9.17, 15) is 13.2 Å². The van der Waals surface area contributed by atoms with Crippen LogP contribution in [0.1, 0.15) is 22.7 Å². The van der Waals surface area contributed by atoms with Crippen LogP contribution in [0, 0.1) is 0 Å². The minimum atomic E-state index is -4.39. The SMILES string of the molecule is CN=C(NCCCOCCc1ccccc1)NCCc1nc(C(F)(F)F)cs1.I. The minimum absolute atomic E-state index is 0. The molecule has 0 unspecified atom stereocenters. The Labute approximate surface area is 190 Å². The number of halogens is 4. The average molecular weight is 542 g/mol. The van der Waals surface area contributed by atoms with Gasteiger partial charge >= 0.3 is 6.18 Å². The smallest absolute Gasteiger partial charge is 0.381 e. The maximum absolute atomic E-state index is 12.5. The number of ether oxygens (including phenoxy) is 1. The Kier molecular flexibility index (Phi) is 12.2. The van der Waals surface area contributed by atoms with E-state index in [-0.39, 0.29) is 24.0 Å². The van der Waals surface area contributed by atoms with Crippen LogP contribution in [0.5, 0.6) is 0 Å². The van der Waals surface area contributed by atoms with E-state index in [0.717, 1.165) is 29.6 Å². The van der Waals surface area contributed by atoms with Crippen LogP contribution >= 0.6 is 35.3 Å². The fourth-order valence-electron chi connectivity index (χ4n) is 2.38. The summed E-state index contributed by atoms with van der Waals surface area (Å²) in [5.74, 6) is 0.608. The zero-order chi connectivity index (χ0) is 20.2. The van der Waals surface area contributed by atoms with Crippen molar-refractivity contribution in [1.29, 1.82) is 0 Å². The molecule has 0 spiro atoms. The van der Waals surface area contributed by atoms with Crippen LogP contribution < -0.4 is 10.6 Å². The van der Waals surface area contributed by atoms with Crippen LogP contribution in [-0.2, 0) is 23.8 Å². The van der Waals surface area contributed by atoms with E-state index in [1.54, 1.807) is 7.05 Å². The van der Waals surface area contributed by atoms with Gasteiger partial charge in [0, 0.05) is 38.5 Å². The van der Waals surface area contributed by atoms with Crippen molar-refractivity contribution in [2.24, 2.45) is 4.99 Å². The Morgan fingerprint density at radius 2 is 1.83 bits per heavy atom. The molecule has 0 radical (unpaired) electrons. The molecule has 0 amide bonds. The maximum Gasteiger partial charge on any atom is 0.434 e. The van der Waals surface area contributed by atoms with E-state index in [1.807, 2.05) is 18.2 Å². The fourth-order valence-corrected chi connectivity index (χ4v) is 3.19. The van der Waals surface area contributed by atoms with Crippen molar-refractivity contribution in [1.82, 2.24) is 15.6 Å². The van der Waals surface area contributed by atoms with E-state index in [1.165, 1.54) is 5.56 Å². The molecule has 5 nitrogen and oxygen atoms in total. The predicted molar refractivity (Wildman–Crippen MR) is 121 cm³/mol. The second-order valence-corrected chi connectivity index (χ2v) is 6.94. The van der Waals surface area contributed by atoms with Gasteiger partial charge in [-0.25, -0.2) is 4.98 Å². The van der Waals surface area contributed by atoms with Crippen molar-refractivity contribution in [2.75, 3.05) is 33.4 Å². The third-order valence-electron chi connectivity index (χ3n) is 3.83. The number of guanidine groups is 1. The van der Waals surface area contributed by atoms with E-state index in [0.29, 0.717) is 43.7 Å². The normalized spacial score (nSPS) is 11.8. The maximum atomic E-state index is 12.5. The lowest BCUT2D eigenvalue weighted by molar-refractivity contribution is -0.140. The summed E-state index contributed by atoms with van der Waals surface area (Å²) in [6, 6.07) is 10.2. The van der Waals surface area contributed by atoms with Crippen molar-refractivity contribution < 1.29 is 17.9 Å². The molecule has 2 rings (SSSR count). The molecule has 1 aromatic heterocycles. The van der Waals surface area contributed by atoms with Crippen molar-refractivity contribution in [3.05, 3.63) is 52.0 Å². The lowest BCUT2D eigenvalue weighted by atomic mass is 10.2. The van der Waals surface area contributed by atoms with Gasteiger partial charge in [-0.3, -0.25) is 4.99 Å². The van der Waals surface area contributed by atoms with Gasteiger partial charge in [0.25, 0.3) is 0 Å². The second kappa shape index (κ2) is 13.8. The zero-order valence-electron chi connectivity index (χ0n) is 16.2. The summed E-state index contributed by atoms with van der Waals surface area (Å²) in [6.45, 7) is 2.49. The molecular formula is C19H26F3IN4OS. The first-order valence-corrected chi connectivity index (χ1v) is 9.95. The Balaban J connectivity index is 0.00000420. The van der Waals surface area contributed by atoms with Crippen molar-refractivity contribution in [3.8, 4) is 0 Å². The molecule has 0 saturated carbocycles. The summed E-state index contributed by atoms with van der Waals surface area (Å²) in [4.78, 5) is 7.70. The molecule has 0 bridgehead atoms. The van der Waals surface area contributed by atoms with Gasteiger partial charge in [0.2, 0.25) is 0 Å². The van der Waals surface area contributed by atoms with Crippen molar-refractivity contribution in [2.45, 2.75) is 25.4 Å². The molecule has 0 fully saturated rings. The monoisotopic (exact) mass is 542 g/mol. The quantitative estimate of drug-likeness (QED) is 0.205. The summed E-state index contributed by atoms with van der Waals surface area (Å²) in [6.07, 6.45) is -2.26. The molecule has 0 aliphatic heterocycles. The first-order valence-electron chi connectivity index (χ1n) is 9.07. The Bertz CT molecular complexity index is 726. The number of hydrogen-bond donors (Lipinski definition) is 2. The van der Waals surface area contributed by atoms with Crippen molar-refractivity contribution in [3.63, 3.8) is 0 Å². The summed E-state index contributed by atoms with van der Waals surface area (Å²) in [7, 11) is 1.65. The van der Waals surface area contributed by atoms with Crippen LogP contribution in [0.15, 0.2) is 40.7 Å². The van der Waals surface area contributed by atoms with Crippen LogP contribution in [0.3, 0.4) is 0 Å². The van der Waals surface area contributed by atoms with E-state index in [2.05, 4.69) is 32.7 Å². The zero-order valence-corrected chi connectivity index (χ0v) is 19.3. The molecule has 2 N–H and O–H groups in total. The minimum Gasteiger partial charge on any atom is -0.381 e. The average Bonchev–Trinajstić information content (AvgIpc) is 3.16. The van der Waals surface area contributed by atoms with Crippen LogP contribution in [0.2, 0.25) is 0 Å². The summed E-state index contributed by atoms with van der Waals surface area (Å²) >= 11 is 1.02. The van der Waals surface area contributed by atoms with Gasteiger partial charge in [0.05, 0.1) is 11.6 Å². The number of nitrogens with zero attached hydrogens (tertiary/aromatic N) is 2. The number of aliphatic imine (C=N–C) groups is 1. The molecule has 1 aromatic carbocycles. The van der Waals surface area contributed by atoms with Gasteiger partial charge in [-0.15, -0.1) is 35.3 Å². The van der Waals surface area contributed by atoms with Gasteiger partial charge < -0.3 is 15.4 Å². The highest BCUT2D eigenvalue weighted by Crippen LogP contribution is 2.29. The Morgan fingerprint density at radius 1 is 1.10 bits per heavy atom. The molecule has 10 heteroatoms. The Morgan fingerprint density at radius 3 is 2.48 bits per heavy atom. The first kappa shape index (κ1) is 25.6. The Hall–Kier alpha value is -1.40. The molecule has 1 heterocycles. The summed E-state index contributed by atoms with van der Waals surface area (Å²) in [5.41, 5.74) is 0.426. The third kappa shape index (κ3) is 10.3. The summed E-state index contributed by atoms with van der Waals surface area (Å²) < 4.78 is 43.2. The van der Waals surface area contributed by atoms with Crippen LogP contribution in [0.25, 0.3) is 0 Å². The highest BCUT2D eigenvalue weighted by atomic mass is 127. The van der Waals surface area contributed by atoms with E-state index in [4.69, 9.17) is 4.74 Å². The highest BCUT2D eigenvalue weighted by Gasteiger charge is 2.33. The lowest BCUT2D eigenvalue weighted by Gasteiger charge is -2.11. The number of thiazole rings is 1. The van der Waals surface area contributed by atoms with Gasteiger partial charge in [-0.1, -0.05) is 30.3 Å². The summed E-state index contributed by atoms with van der Waals surface area (Å²) in [5, 5.41) is 7.72. The molecule has 0 aliphatic rings. The molecule has 0 atom stereocenters. The largest absolute Gasteiger partial charge is 0.434 e. The molecule has 0 saturated heterocycles. The third-order valence-corrected chi connectivity index (χ3v) is 4.74. The van der Waals surface area contributed by atoms with Crippen LogP contribution in [-0.4, -0.2) is 44.3 Å². The highest BCUT2D eigenvalue weighted by molar-refractivity contribution is 14.0. The number of benzene rings is 1. The topological polar surface area (TPSA) is 58.5 Å². The van der Waals surface area contributed by atoms with Gasteiger partial charge in [-0.05, 0) is 18.4 Å². The molecule has 162 valence electrons. The van der Waals surface area contributed by atoms with Gasteiger partial charge in [0.1, 0.15) is 0 Å². The number of nitrogens with one attached hydrogen (secondary N) is 2. The molecule has 0 aliphatic carbocycles. The second-order valence-electron chi connectivity index (χ2n) is 6.00. The van der Waals surface area contributed by atoms with E-state index >= 15 is 0 Å². The lowest BCUT2D eigenvalue weighted by Crippen LogP contribution is -2.39. The number of rotatable bonds is 10.